The molecule has 8 heteroatoms. The maximum atomic E-state index is 12.6. The maximum absolute atomic E-state index is 12.6. The summed E-state index contributed by atoms with van der Waals surface area (Å²) in [5.41, 5.74) is 2.18. The van der Waals surface area contributed by atoms with Crippen LogP contribution in [0.5, 0.6) is 11.5 Å². The number of fused-ring (bicyclic) bond motifs is 1. The summed E-state index contributed by atoms with van der Waals surface area (Å²) in [7, 11) is 1.63. The standard InChI is InChI=1S/C26H23N5O3/c1-33-22-10-4-6-19(25(22)34-20-7-2-3-8-20)12-14-24-29-21-9-5-15-30(32)26(21)31(24)23-13-11-18(16-27)17-28-23/h4-6,9-15,17,20H,2-3,7-8H2,1H3/b14-12+. The lowest BCUT2D eigenvalue weighted by Crippen LogP contribution is -2.28. The van der Waals surface area contributed by atoms with Crippen LogP contribution in [0.3, 0.4) is 0 Å². The fourth-order valence-electron chi connectivity index (χ4n) is 4.26. The Morgan fingerprint density at radius 2 is 2.00 bits per heavy atom. The maximum Gasteiger partial charge on any atom is 0.319 e. The van der Waals surface area contributed by atoms with Gasteiger partial charge in [-0.2, -0.15) is 9.83 Å². The van der Waals surface area contributed by atoms with Gasteiger partial charge in [-0.25, -0.2) is 14.7 Å². The minimum Gasteiger partial charge on any atom is -0.711 e. The van der Waals surface area contributed by atoms with E-state index in [0.29, 0.717) is 39.9 Å². The number of nitriles is 1. The topological polar surface area (TPSA) is 99.9 Å². The molecule has 0 aliphatic heterocycles. The SMILES string of the molecule is COc1cccc(/C=C/c2nc3ccc[n+]([O-])c3n2-c2ccc(C#N)cn2)c1OC1CCCC1. The minimum absolute atomic E-state index is 0.176. The lowest BCUT2D eigenvalue weighted by atomic mass is 10.1. The molecule has 5 rings (SSSR count). The van der Waals surface area contributed by atoms with Crippen molar-refractivity contribution in [2.24, 2.45) is 0 Å². The fraction of sp³-hybridized carbons (Fsp3) is 0.231. The summed E-state index contributed by atoms with van der Waals surface area (Å²) in [6, 6.07) is 14.6. The van der Waals surface area contributed by atoms with Crippen LogP contribution >= 0.6 is 0 Å². The number of rotatable bonds is 6. The molecule has 0 atom stereocenters. The number of para-hydroxylation sites is 1. The van der Waals surface area contributed by atoms with E-state index in [1.54, 1.807) is 35.9 Å². The van der Waals surface area contributed by atoms with Crippen LogP contribution in [-0.4, -0.2) is 27.7 Å². The van der Waals surface area contributed by atoms with Crippen molar-refractivity contribution in [2.45, 2.75) is 31.8 Å². The van der Waals surface area contributed by atoms with Crippen molar-refractivity contribution in [1.29, 1.82) is 5.26 Å². The molecule has 1 aromatic carbocycles. The molecule has 0 N–H and O–H groups in total. The van der Waals surface area contributed by atoms with Crippen molar-refractivity contribution in [3.8, 4) is 23.4 Å². The summed E-state index contributed by atoms with van der Waals surface area (Å²) in [5.74, 6) is 2.39. The van der Waals surface area contributed by atoms with Gasteiger partial charge in [0.1, 0.15) is 6.07 Å². The second kappa shape index (κ2) is 9.24. The zero-order chi connectivity index (χ0) is 23.5. The first-order chi connectivity index (χ1) is 16.7. The van der Waals surface area contributed by atoms with Crippen LogP contribution in [0.1, 0.15) is 42.6 Å². The summed E-state index contributed by atoms with van der Waals surface area (Å²) in [4.78, 5) is 9.04. The quantitative estimate of drug-likeness (QED) is 0.316. The van der Waals surface area contributed by atoms with Crippen molar-refractivity contribution in [3.05, 3.63) is 77.0 Å². The van der Waals surface area contributed by atoms with Crippen LogP contribution in [0.2, 0.25) is 0 Å². The van der Waals surface area contributed by atoms with Gasteiger partial charge in [-0.1, -0.05) is 12.1 Å². The second-order valence-corrected chi connectivity index (χ2v) is 8.10. The number of pyridine rings is 2. The number of hydrogen-bond acceptors (Lipinski definition) is 6. The molecule has 34 heavy (non-hydrogen) atoms. The first-order valence-corrected chi connectivity index (χ1v) is 11.2. The third-order valence-electron chi connectivity index (χ3n) is 5.92. The van der Waals surface area contributed by atoms with Crippen LogP contribution in [-0.2, 0) is 0 Å². The van der Waals surface area contributed by atoms with E-state index in [1.165, 1.54) is 25.2 Å². The van der Waals surface area contributed by atoms with E-state index in [0.717, 1.165) is 23.1 Å². The van der Waals surface area contributed by atoms with Gasteiger partial charge in [-0.05, 0) is 56.0 Å². The fourth-order valence-corrected chi connectivity index (χ4v) is 4.26. The first-order valence-electron chi connectivity index (χ1n) is 11.2. The number of ether oxygens (including phenoxy) is 2. The molecule has 0 spiro atoms. The molecule has 0 unspecified atom stereocenters. The number of nitrogens with zero attached hydrogens (tertiary/aromatic N) is 5. The number of aromatic nitrogens is 4. The molecule has 8 nitrogen and oxygen atoms in total. The number of benzene rings is 1. The lowest BCUT2D eigenvalue weighted by molar-refractivity contribution is -0.579. The van der Waals surface area contributed by atoms with E-state index in [2.05, 4.69) is 16.0 Å². The predicted octanol–water partition coefficient (Wildman–Crippen LogP) is 4.43. The molecular formula is C26H23N5O3. The Balaban J connectivity index is 1.60. The van der Waals surface area contributed by atoms with Gasteiger partial charge in [0.25, 0.3) is 0 Å². The van der Waals surface area contributed by atoms with Gasteiger partial charge in [-0.15, -0.1) is 0 Å². The van der Waals surface area contributed by atoms with Crippen molar-refractivity contribution >= 4 is 23.3 Å². The van der Waals surface area contributed by atoms with E-state index < -0.39 is 0 Å². The Kier molecular flexibility index (Phi) is 5.83. The molecule has 0 radical (unpaired) electrons. The van der Waals surface area contributed by atoms with E-state index >= 15 is 0 Å². The van der Waals surface area contributed by atoms with E-state index in [1.807, 2.05) is 30.4 Å². The molecule has 0 bridgehead atoms. The van der Waals surface area contributed by atoms with Crippen LogP contribution in [0.25, 0.3) is 29.1 Å². The Morgan fingerprint density at radius 1 is 1.15 bits per heavy atom. The minimum atomic E-state index is 0.176. The van der Waals surface area contributed by atoms with Gasteiger partial charge in [0.05, 0.1) is 25.0 Å². The van der Waals surface area contributed by atoms with Gasteiger partial charge >= 0.3 is 5.65 Å². The van der Waals surface area contributed by atoms with Gasteiger partial charge in [0.2, 0.25) is 11.6 Å². The monoisotopic (exact) mass is 453 g/mol. The molecule has 0 saturated heterocycles. The largest absolute Gasteiger partial charge is 0.711 e. The number of methoxy groups -OCH3 is 1. The molecule has 0 amide bonds. The number of hydrogen-bond donors (Lipinski definition) is 0. The summed E-state index contributed by atoms with van der Waals surface area (Å²) in [6.45, 7) is 0. The van der Waals surface area contributed by atoms with Crippen LogP contribution in [0.15, 0.2) is 54.9 Å². The van der Waals surface area contributed by atoms with Crippen LogP contribution in [0.4, 0.5) is 0 Å². The van der Waals surface area contributed by atoms with E-state index in [9.17, 15) is 5.21 Å². The highest BCUT2D eigenvalue weighted by molar-refractivity contribution is 5.78. The van der Waals surface area contributed by atoms with Crippen molar-refractivity contribution in [1.82, 2.24) is 14.5 Å². The van der Waals surface area contributed by atoms with Gasteiger partial charge in [0, 0.05) is 23.9 Å². The Hall–Kier alpha value is -4.38. The molecular weight excluding hydrogens is 430 g/mol. The first kappa shape index (κ1) is 21.5. The average molecular weight is 454 g/mol. The third kappa shape index (κ3) is 4.04. The summed E-state index contributed by atoms with van der Waals surface area (Å²) in [6.07, 6.45) is 11.2. The molecule has 1 saturated carbocycles. The zero-order valence-electron chi connectivity index (χ0n) is 18.7. The van der Waals surface area contributed by atoms with Crippen LogP contribution in [0, 0.1) is 16.5 Å². The highest BCUT2D eigenvalue weighted by Crippen LogP contribution is 2.36. The van der Waals surface area contributed by atoms with E-state index in [4.69, 9.17) is 14.7 Å². The smallest absolute Gasteiger partial charge is 0.319 e. The van der Waals surface area contributed by atoms with Crippen LogP contribution < -0.4 is 14.2 Å². The zero-order valence-corrected chi connectivity index (χ0v) is 18.7. The Labute approximate surface area is 196 Å². The van der Waals surface area contributed by atoms with Crippen molar-refractivity contribution < 1.29 is 14.2 Å². The summed E-state index contributed by atoms with van der Waals surface area (Å²) in [5, 5.41) is 21.7. The molecule has 170 valence electrons. The molecule has 1 aliphatic rings. The Morgan fingerprint density at radius 3 is 2.74 bits per heavy atom. The molecule has 1 fully saturated rings. The molecule has 1 aliphatic carbocycles. The normalized spacial score (nSPS) is 14.0. The van der Waals surface area contributed by atoms with Gasteiger partial charge in [0.15, 0.2) is 17.0 Å². The van der Waals surface area contributed by atoms with Gasteiger partial charge < -0.3 is 14.7 Å². The van der Waals surface area contributed by atoms with Gasteiger partial charge in [-0.3, -0.25) is 0 Å². The average Bonchev–Trinajstić information content (AvgIpc) is 3.51. The Bertz CT molecular complexity index is 1400. The molecule has 3 heterocycles. The molecule has 4 aromatic rings. The highest BCUT2D eigenvalue weighted by Gasteiger charge is 2.23. The number of imidazole rings is 1. The summed E-state index contributed by atoms with van der Waals surface area (Å²) >= 11 is 0. The highest BCUT2D eigenvalue weighted by atomic mass is 16.5. The molecule has 3 aromatic heterocycles. The van der Waals surface area contributed by atoms with E-state index in [-0.39, 0.29) is 6.10 Å². The summed E-state index contributed by atoms with van der Waals surface area (Å²) < 4.78 is 14.3. The lowest BCUT2D eigenvalue weighted by Gasteiger charge is -2.18. The van der Waals surface area contributed by atoms with Crippen molar-refractivity contribution in [3.63, 3.8) is 0 Å². The van der Waals surface area contributed by atoms with Crippen molar-refractivity contribution in [2.75, 3.05) is 7.11 Å². The third-order valence-corrected chi connectivity index (χ3v) is 5.92. The predicted molar refractivity (Wildman–Crippen MR) is 127 cm³/mol. The second-order valence-electron chi connectivity index (χ2n) is 8.10.